The molecule has 0 aliphatic carbocycles. The number of rotatable bonds is 5. The van der Waals surface area contributed by atoms with E-state index in [1.54, 1.807) is 18.2 Å². The van der Waals surface area contributed by atoms with Gasteiger partial charge in [0.15, 0.2) is 0 Å². The van der Waals surface area contributed by atoms with Gasteiger partial charge in [-0.25, -0.2) is 4.39 Å². The fourth-order valence-electron chi connectivity index (χ4n) is 2.10. The van der Waals surface area contributed by atoms with Gasteiger partial charge in [0, 0.05) is 11.3 Å². The number of nitrogens with zero attached hydrogens (tertiary/aromatic N) is 1. The van der Waals surface area contributed by atoms with Crippen molar-refractivity contribution in [2.24, 2.45) is 0 Å². The van der Waals surface area contributed by atoms with Crippen molar-refractivity contribution in [1.29, 1.82) is 0 Å². The van der Waals surface area contributed by atoms with Crippen LogP contribution in [0.3, 0.4) is 0 Å². The van der Waals surface area contributed by atoms with Gasteiger partial charge in [-0.1, -0.05) is 37.3 Å². The molecule has 0 saturated heterocycles. The van der Waals surface area contributed by atoms with Gasteiger partial charge < -0.3 is 4.90 Å². The van der Waals surface area contributed by atoms with Crippen LogP contribution >= 0.6 is 11.6 Å². The molecule has 0 spiro atoms. The minimum Gasteiger partial charge on any atom is -0.307 e. The van der Waals surface area contributed by atoms with Gasteiger partial charge in [0.2, 0.25) is 5.91 Å². The Hall–Kier alpha value is -1.87. The first-order valence-corrected chi connectivity index (χ1v) is 7.37. The van der Waals surface area contributed by atoms with Crippen LogP contribution in [0.5, 0.6) is 0 Å². The Balaban J connectivity index is 2.30. The Morgan fingerprint density at radius 3 is 2.38 bits per heavy atom. The summed E-state index contributed by atoms with van der Waals surface area (Å²) in [5.74, 6) is -0.705. The number of carbonyl (C=O) groups excluding carboxylic acids is 1. The second-order valence-corrected chi connectivity index (χ2v) is 4.99. The second-order valence-electron chi connectivity index (χ2n) is 4.72. The van der Waals surface area contributed by atoms with Crippen LogP contribution in [0.25, 0.3) is 0 Å². The third kappa shape index (κ3) is 3.82. The van der Waals surface area contributed by atoms with Crippen molar-refractivity contribution in [1.82, 2.24) is 0 Å². The third-order valence-corrected chi connectivity index (χ3v) is 3.59. The molecule has 0 aromatic heterocycles. The van der Waals surface area contributed by atoms with E-state index >= 15 is 0 Å². The van der Waals surface area contributed by atoms with Gasteiger partial charge in [-0.05, 0) is 30.2 Å². The van der Waals surface area contributed by atoms with Crippen LogP contribution in [0.1, 0.15) is 18.1 Å². The molecule has 110 valence electrons. The Morgan fingerprint density at radius 1 is 1.14 bits per heavy atom. The van der Waals surface area contributed by atoms with Crippen molar-refractivity contribution in [3.8, 4) is 0 Å². The van der Waals surface area contributed by atoms with Gasteiger partial charge in [0.1, 0.15) is 11.7 Å². The van der Waals surface area contributed by atoms with Crippen LogP contribution in [0.2, 0.25) is 0 Å². The maximum atomic E-state index is 13.8. The van der Waals surface area contributed by atoms with E-state index < -0.39 is 0 Å². The fourth-order valence-corrected chi connectivity index (χ4v) is 2.25. The molecule has 2 rings (SSSR count). The van der Waals surface area contributed by atoms with Crippen molar-refractivity contribution in [2.75, 3.05) is 10.8 Å². The number of benzene rings is 2. The van der Waals surface area contributed by atoms with Crippen LogP contribution in [-0.4, -0.2) is 11.8 Å². The zero-order chi connectivity index (χ0) is 15.2. The van der Waals surface area contributed by atoms with Crippen molar-refractivity contribution in [3.05, 3.63) is 65.5 Å². The molecule has 0 heterocycles. The quantitative estimate of drug-likeness (QED) is 0.760. The molecule has 2 aromatic carbocycles. The maximum Gasteiger partial charge on any atom is 0.242 e. The Morgan fingerprint density at radius 2 is 1.81 bits per heavy atom. The highest BCUT2D eigenvalue weighted by Crippen LogP contribution is 2.20. The topological polar surface area (TPSA) is 20.3 Å². The molecule has 0 unspecified atom stereocenters. The lowest BCUT2D eigenvalue weighted by Gasteiger charge is -2.22. The van der Waals surface area contributed by atoms with Crippen LogP contribution in [0.15, 0.2) is 48.5 Å². The molecule has 0 saturated carbocycles. The van der Waals surface area contributed by atoms with Gasteiger partial charge in [-0.2, -0.15) is 0 Å². The Bertz CT molecular complexity index is 612. The van der Waals surface area contributed by atoms with Crippen LogP contribution in [0.4, 0.5) is 10.1 Å². The number of amides is 1. The Kier molecular flexibility index (Phi) is 5.34. The normalized spacial score (nSPS) is 10.4. The van der Waals surface area contributed by atoms with E-state index in [-0.39, 0.29) is 24.1 Å². The minimum atomic E-state index is -0.324. The standard InChI is InChI=1S/C17H17ClFNO/c1-2-13-7-9-15(10-8-13)20(17(21)11-18)12-14-5-3-4-6-16(14)19/h3-10H,2,11-12H2,1H3. The summed E-state index contributed by atoms with van der Waals surface area (Å²) in [7, 11) is 0. The number of hydrogen-bond acceptors (Lipinski definition) is 1. The smallest absolute Gasteiger partial charge is 0.242 e. The predicted octanol–water partition coefficient (Wildman–Crippen LogP) is 4.16. The average Bonchev–Trinajstić information content (AvgIpc) is 2.53. The number of carbonyl (C=O) groups is 1. The van der Waals surface area contributed by atoms with Crippen LogP contribution in [0, 0.1) is 5.82 Å². The summed E-state index contributed by atoms with van der Waals surface area (Å²) >= 11 is 5.68. The lowest BCUT2D eigenvalue weighted by Crippen LogP contribution is -2.31. The van der Waals surface area contributed by atoms with Gasteiger partial charge in [-0.15, -0.1) is 11.6 Å². The van der Waals surface area contributed by atoms with E-state index in [2.05, 4.69) is 6.92 Å². The number of halogens is 2. The number of alkyl halides is 1. The predicted molar refractivity (Wildman–Crippen MR) is 84.1 cm³/mol. The molecule has 4 heteroatoms. The molecule has 2 nitrogen and oxygen atoms in total. The zero-order valence-electron chi connectivity index (χ0n) is 11.9. The van der Waals surface area contributed by atoms with Crippen molar-refractivity contribution in [3.63, 3.8) is 0 Å². The fraction of sp³-hybridized carbons (Fsp3) is 0.235. The van der Waals surface area contributed by atoms with E-state index in [1.165, 1.54) is 16.5 Å². The molecule has 0 radical (unpaired) electrons. The monoisotopic (exact) mass is 305 g/mol. The number of anilines is 1. The summed E-state index contributed by atoms with van der Waals surface area (Å²) < 4.78 is 13.8. The zero-order valence-corrected chi connectivity index (χ0v) is 12.6. The molecule has 0 atom stereocenters. The van der Waals surface area contributed by atoms with Gasteiger partial charge in [0.05, 0.1) is 6.54 Å². The van der Waals surface area contributed by atoms with E-state index in [0.717, 1.165) is 12.1 Å². The molecule has 1 amide bonds. The third-order valence-electron chi connectivity index (χ3n) is 3.36. The Labute approximate surface area is 129 Å². The van der Waals surface area contributed by atoms with E-state index in [0.29, 0.717) is 5.56 Å². The summed E-state index contributed by atoms with van der Waals surface area (Å²) in [6, 6.07) is 14.1. The van der Waals surface area contributed by atoms with Crippen molar-refractivity contribution >= 4 is 23.2 Å². The first kappa shape index (κ1) is 15.5. The number of aryl methyl sites for hydroxylation is 1. The molecule has 2 aromatic rings. The molecule has 0 bridgehead atoms. The highest BCUT2D eigenvalue weighted by Gasteiger charge is 2.16. The summed E-state index contributed by atoms with van der Waals surface area (Å²) in [5, 5.41) is 0. The molecule has 21 heavy (non-hydrogen) atoms. The summed E-state index contributed by atoms with van der Waals surface area (Å²) in [5.41, 5.74) is 2.37. The van der Waals surface area contributed by atoms with Crippen molar-refractivity contribution < 1.29 is 9.18 Å². The summed E-state index contributed by atoms with van der Waals surface area (Å²) in [6.07, 6.45) is 0.928. The van der Waals surface area contributed by atoms with Gasteiger partial charge >= 0.3 is 0 Å². The second kappa shape index (κ2) is 7.23. The van der Waals surface area contributed by atoms with E-state index in [4.69, 9.17) is 11.6 Å². The first-order chi connectivity index (χ1) is 10.2. The van der Waals surface area contributed by atoms with Gasteiger partial charge in [-0.3, -0.25) is 4.79 Å². The maximum absolute atomic E-state index is 13.8. The van der Waals surface area contributed by atoms with Crippen molar-refractivity contribution in [2.45, 2.75) is 19.9 Å². The van der Waals surface area contributed by atoms with E-state index in [9.17, 15) is 9.18 Å². The number of hydrogen-bond donors (Lipinski definition) is 0. The molecular formula is C17H17ClFNO. The summed E-state index contributed by atoms with van der Waals surface area (Å²) in [4.78, 5) is 13.6. The SMILES string of the molecule is CCc1ccc(N(Cc2ccccc2F)C(=O)CCl)cc1. The van der Waals surface area contributed by atoms with Crippen LogP contribution < -0.4 is 4.90 Å². The highest BCUT2D eigenvalue weighted by molar-refractivity contribution is 6.29. The lowest BCUT2D eigenvalue weighted by molar-refractivity contribution is -0.116. The summed E-state index contributed by atoms with van der Waals surface area (Å²) in [6.45, 7) is 2.24. The average molecular weight is 306 g/mol. The minimum absolute atomic E-state index is 0.135. The lowest BCUT2D eigenvalue weighted by atomic mass is 10.1. The van der Waals surface area contributed by atoms with E-state index in [1.807, 2.05) is 24.3 Å². The molecule has 0 N–H and O–H groups in total. The molecular weight excluding hydrogens is 289 g/mol. The highest BCUT2D eigenvalue weighted by atomic mass is 35.5. The molecule has 0 aliphatic rings. The molecule has 0 fully saturated rings. The first-order valence-electron chi connectivity index (χ1n) is 6.84. The van der Waals surface area contributed by atoms with Gasteiger partial charge in [0.25, 0.3) is 0 Å². The van der Waals surface area contributed by atoms with Crippen LogP contribution in [-0.2, 0) is 17.8 Å². The molecule has 0 aliphatic heterocycles. The largest absolute Gasteiger partial charge is 0.307 e.